The summed E-state index contributed by atoms with van der Waals surface area (Å²) in [5.74, 6) is 0.977. The molecule has 1 fully saturated rings. The molecule has 1 aromatic rings. The van der Waals surface area contributed by atoms with Crippen molar-refractivity contribution in [3.8, 4) is 0 Å². The van der Waals surface area contributed by atoms with Crippen LogP contribution in [0.1, 0.15) is 51.6 Å². The van der Waals surface area contributed by atoms with E-state index in [1.807, 2.05) is 10.7 Å². The summed E-state index contributed by atoms with van der Waals surface area (Å²) in [7, 11) is 0. The number of rotatable bonds is 1. The first kappa shape index (κ1) is 11.5. The van der Waals surface area contributed by atoms with Crippen LogP contribution in [0.4, 0.5) is 5.82 Å². The quantitative estimate of drug-likeness (QED) is 0.763. The maximum absolute atomic E-state index is 9.60. The van der Waals surface area contributed by atoms with Crippen molar-refractivity contribution in [2.75, 3.05) is 5.73 Å². The molecule has 90 valence electrons. The highest BCUT2D eigenvalue weighted by Gasteiger charge is 2.30. The Morgan fingerprint density at radius 1 is 1.44 bits per heavy atom. The van der Waals surface area contributed by atoms with E-state index >= 15 is 0 Å². The Morgan fingerprint density at radius 2 is 2.12 bits per heavy atom. The van der Waals surface area contributed by atoms with Crippen LogP contribution in [0.5, 0.6) is 0 Å². The summed E-state index contributed by atoms with van der Waals surface area (Å²) >= 11 is 0. The van der Waals surface area contributed by atoms with Gasteiger partial charge >= 0.3 is 0 Å². The van der Waals surface area contributed by atoms with Gasteiger partial charge in [0.15, 0.2) is 0 Å². The summed E-state index contributed by atoms with van der Waals surface area (Å²) in [4.78, 5) is 0. The number of hydrogen-bond acceptors (Lipinski definition) is 3. The van der Waals surface area contributed by atoms with Gasteiger partial charge in [0.2, 0.25) is 0 Å². The van der Waals surface area contributed by atoms with Crippen LogP contribution in [0.25, 0.3) is 0 Å². The van der Waals surface area contributed by atoms with Crippen molar-refractivity contribution in [3.05, 3.63) is 11.8 Å². The van der Waals surface area contributed by atoms with Gasteiger partial charge in [-0.15, -0.1) is 0 Å². The molecule has 1 saturated carbocycles. The lowest BCUT2D eigenvalue weighted by atomic mass is 10.0. The summed E-state index contributed by atoms with van der Waals surface area (Å²) in [5, 5.41) is 14.0. The normalized spacial score (nSPS) is 26.2. The first-order valence-corrected chi connectivity index (χ1v) is 5.92. The van der Waals surface area contributed by atoms with E-state index in [1.165, 1.54) is 5.69 Å². The third kappa shape index (κ3) is 2.07. The molecule has 0 bridgehead atoms. The Kier molecular flexibility index (Phi) is 2.70. The molecule has 3 N–H and O–H groups in total. The van der Waals surface area contributed by atoms with Crippen LogP contribution in [0.2, 0.25) is 0 Å². The van der Waals surface area contributed by atoms with Crippen LogP contribution < -0.4 is 5.73 Å². The van der Waals surface area contributed by atoms with Crippen molar-refractivity contribution in [1.29, 1.82) is 0 Å². The Bertz CT molecular complexity index is 378. The minimum atomic E-state index is -0.158. The SMILES string of the molecule is CC(C)(C)n1nc(N)cc1[C@H]1CC[C@@H](O)C1. The van der Waals surface area contributed by atoms with Crippen molar-refractivity contribution in [2.45, 2.75) is 57.6 Å². The Labute approximate surface area is 96.5 Å². The fourth-order valence-electron chi connectivity index (χ4n) is 2.47. The van der Waals surface area contributed by atoms with E-state index < -0.39 is 0 Å². The van der Waals surface area contributed by atoms with Gasteiger partial charge in [0.25, 0.3) is 0 Å². The first-order chi connectivity index (χ1) is 7.38. The van der Waals surface area contributed by atoms with Crippen LogP contribution in [0, 0.1) is 0 Å². The number of nitrogen functional groups attached to an aromatic ring is 1. The van der Waals surface area contributed by atoms with Gasteiger partial charge in [0.05, 0.1) is 11.6 Å². The van der Waals surface area contributed by atoms with Gasteiger partial charge in [-0.3, -0.25) is 4.68 Å². The van der Waals surface area contributed by atoms with E-state index in [0.29, 0.717) is 11.7 Å². The Balaban J connectivity index is 2.33. The standard InChI is InChI=1S/C12H21N3O/c1-12(2,3)15-10(7-11(13)14-15)8-4-5-9(16)6-8/h7-9,16H,4-6H2,1-3H3,(H2,13,14)/t8-,9+/m0/s1. The summed E-state index contributed by atoms with van der Waals surface area (Å²) in [5.41, 5.74) is 6.90. The summed E-state index contributed by atoms with van der Waals surface area (Å²) < 4.78 is 2.00. The smallest absolute Gasteiger partial charge is 0.145 e. The first-order valence-electron chi connectivity index (χ1n) is 5.92. The van der Waals surface area contributed by atoms with Crippen LogP contribution in [-0.4, -0.2) is 21.0 Å². The van der Waals surface area contributed by atoms with Gasteiger partial charge in [-0.05, 0) is 40.0 Å². The lowest BCUT2D eigenvalue weighted by Gasteiger charge is -2.24. The van der Waals surface area contributed by atoms with Gasteiger partial charge in [-0.2, -0.15) is 5.10 Å². The van der Waals surface area contributed by atoms with Gasteiger partial charge in [-0.25, -0.2) is 0 Å². The molecule has 4 nitrogen and oxygen atoms in total. The molecule has 0 amide bonds. The number of anilines is 1. The number of hydrogen-bond donors (Lipinski definition) is 2. The number of aliphatic hydroxyl groups is 1. The predicted molar refractivity (Wildman–Crippen MR) is 64.2 cm³/mol. The summed E-state index contributed by atoms with van der Waals surface area (Å²) in [6.45, 7) is 6.36. The molecule has 0 aliphatic heterocycles. The predicted octanol–water partition coefficient (Wildman–Crippen LogP) is 1.85. The minimum absolute atomic E-state index is 0.0551. The molecule has 1 aliphatic rings. The highest BCUT2D eigenvalue weighted by Crippen LogP contribution is 2.36. The largest absolute Gasteiger partial charge is 0.393 e. The highest BCUT2D eigenvalue weighted by atomic mass is 16.3. The Morgan fingerprint density at radius 3 is 2.62 bits per heavy atom. The van der Waals surface area contributed by atoms with Crippen LogP contribution in [0.3, 0.4) is 0 Å². The second kappa shape index (κ2) is 3.77. The lowest BCUT2D eigenvalue weighted by molar-refractivity contribution is 0.180. The zero-order chi connectivity index (χ0) is 11.9. The van der Waals surface area contributed by atoms with Crippen molar-refractivity contribution < 1.29 is 5.11 Å². The van der Waals surface area contributed by atoms with Crippen molar-refractivity contribution in [1.82, 2.24) is 9.78 Å². The van der Waals surface area contributed by atoms with E-state index in [0.717, 1.165) is 19.3 Å². The molecule has 1 aromatic heterocycles. The van der Waals surface area contributed by atoms with Crippen molar-refractivity contribution in [2.24, 2.45) is 0 Å². The van der Waals surface area contributed by atoms with Crippen LogP contribution >= 0.6 is 0 Å². The molecule has 4 heteroatoms. The lowest BCUT2D eigenvalue weighted by Crippen LogP contribution is -2.26. The summed E-state index contributed by atoms with van der Waals surface area (Å²) in [6.07, 6.45) is 2.60. The highest BCUT2D eigenvalue weighted by molar-refractivity contribution is 5.32. The van der Waals surface area contributed by atoms with Gasteiger partial charge in [0, 0.05) is 17.7 Å². The number of aliphatic hydroxyl groups excluding tert-OH is 1. The van der Waals surface area contributed by atoms with E-state index in [9.17, 15) is 5.11 Å². The molecule has 0 unspecified atom stereocenters. The Hall–Kier alpha value is -1.03. The van der Waals surface area contributed by atoms with Crippen molar-refractivity contribution in [3.63, 3.8) is 0 Å². The molecule has 16 heavy (non-hydrogen) atoms. The molecule has 0 aromatic carbocycles. The van der Waals surface area contributed by atoms with Gasteiger partial charge < -0.3 is 10.8 Å². The molecular weight excluding hydrogens is 202 g/mol. The monoisotopic (exact) mass is 223 g/mol. The third-order valence-corrected chi connectivity index (χ3v) is 3.21. The molecule has 0 spiro atoms. The molecule has 1 aliphatic carbocycles. The molecule has 1 heterocycles. The fraction of sp³-hybridized carbons (Fsp3) is 0.750. The van der Waals surface area contributed by atoms with Crippen molar-refractivity contribution >= 4 is 5.82 Å². The minimum Gasteiger partial charge on any atom is -0.393 e. The summed E-state index contributed by atoms with van der Waals surface area (Å²) in [6, 6.07) is 1.95. The molecular formula is C12H21N3O. The van der Waals surface area contributed by atoms with Crippen LogP contribution in [-0.2, 0) is 5.54 Å². The maximum atomic E-state index is 9.60. The van der Waals surface area contributed by atoms with E-state index in [4.69, 9.17) is 5.73 Å². The second-order valence-corrected chi connectivity index (χ2v) is 5.74. The van der Waals surface area contributed by atoms with Gasteiger partial charge in [-0.1, -0.05) is 0 Å². The van der Waals surface area contributed by atoms with Gasteiger partial charge in [0.1, 0.15) is 5.82 Å². The molecule has 2 rings (SSSR count). The molecule has 0 saturated heterocycles. The topological polar surface area (TPSA) is 64.1 Å². The van der Waals surface area contributed by atoms with Crippen LogP contribution in [0.15, 0.2) is 6.07 Å². The molecule has 0 radical (unpaired) electrons. The zero-order valence-electron chi connectivity index (χ0n) is 10.3. The average Bonchev–Trinajstić information content (AvgIpc) is 2.70. The third-order valence-electron chi connectivity index (χ3n) is 3.21. The van der Waals surface area contributed by atoms with E-state index in [1.54, 1.807) is 0 Å². The second-order valence-electron chi connectivity index (χ2n) is 5.74. The maximum Gasteiger partial charge on any atom is 0.145 e. The number of aromatic nitrogens is 2. The average molecular weight is 223 g/mol. The zero-order valence-corrected chi connectivity index (χ0v) is 10.3. The molecule has 2 atom stereocenters. The van der Waals surface area contributed by atoms with E-state index in [2.05, 4.69) is 25.9 Å². The number of nitrogens with zero attached hydrogens (tertiary/aromatic N) is 2. The number of nitrogens with two attached hydrogens (primary N) is 1. The van der Waals surface area contributed by atoms with E-state index in [-0.39, 0.29) is 11.6 Å². The fourth-order valence-corrected chi connectivity index (χ4v) is 2.47.